The van der Waals surface area contributed by atoms with Crippen LogP contribution in [-0.2, 0) is 9.53 Å². The molecule has 0 bridgehead atoms. The Morgan fingerprint density at radius 1 is 0.893 bits per heavy atom. The predicted molar refractivity (Wildman–Crippen MR) is 112 cm³/mol. The summed E-state index contributed by atoms with van der Waals surface area (Å²) in [7, 11) is 0. The van der Waals surface area contributed by atoms with E-state index in [1.165, 1.54) is 0 Å². The molecule has 0 saturated carbocycles. The van der Waals surface area contributed by atoms with Crippen molar-refractivity contribution in [1.82, 2.24) is 0 Å². The topological polar surface area (TPSA) is 41.9 Å². The van der Waals surface area contributed by atoms with E-state index in [0.717, 1.165) is 22.5 Å². The standard InChI is InChI=1S/C24H22N2O2/c1-2-28-24(27)23-21(18-12-6-3-7-13-18)22(19-14-8-4-9-15-19)25-26(23)20-16-10-5-11-17-20/h3-17,21,23H,2H2,1H3/t21-,23-/m0/s1. The molecule has 0 aromatic heterocycles. The number of hydrazone groups is 1. The summed E-state index contributed by atoms with van der Waals surface area (Å²) >= 11 is 0. The van der Waals surface area contributed by atoms with Crippen molar-refractivity contribution in [3.63, 3.8) is 0 Å². The summed E-state index contributed by atoms with van der Waals surface area (Å²) in [5.41, 5.74) is 3.78. The summed E-state index contributed by atoms with van der Waals surface area (Å²) in [4.78, 5) is 13.1. The van der Waals surface area contributed by atoms with E-state index in [9.17, 15) is 4.79 Å². The molecule has 4 heteroatoms. The van der Waals surface area contributed by atoms with Crippen LogP contribution in [0.1, 0.15) is 24.0 Å². The van der Waals surface area contributed by atoms with Gasteiger partial charge in [-0.2, -0.15) is 5.10 Å². The van der Waals surface area contributed by atoms with Crippen LogP contribution in [0.4, 0.5) is 5.69 Å². The molecule has 2 atom stereocenters. The zero-order valence-electron chi connectivity index (χ0n) is 15.7. The molecule has 1 aliphatic rings. The van der Waals surface area contributed by atoms with Crippen molar-refractivity contribution in [2.45, 2.75) is 18.9 Å². The molecular weight excluding hydrogens is 348 g/mol. The lowest BCUT2D eigenvalue weighted by Crippen LogP contribution is -2.40. The van der Waals surface area contributed by atoms with Crippen molar-refractivity contribution in [3.05, 3.63) is 102 Å². The minimum atomic E-state index is -0.556. The molecule has 4 nitrogen and oxygen atoms in total. The second-order valence-electron chi connectivity index (χ2n) is 6.62. The number of carbonyl (C=O) groups is 1. The number of para-hydroxylation sites is 1. The third kappa shape index (κ3) is 3.41. The third-order valence-corrected chi connectivity index (χ3v) is 4.87. The van der Waals surface area contributed by atoms with Gasteiger partial charge < -0.3 is 4.74 Å². The van der Waals surface area contributed by atoms with Gasteiger partial charge in [0.25, 0.3) is 0 Å². The normalized spacial score (nSPS) is 18.6. The van der Waals surface area contributed by atoms with Crippen molar-refractivity contribution >= 4 is 17.4 Å². The van der Waals surface area contributed by atoms with Gasteiger partial charge in [-0.05, 0) is 30.2 Å². The van der Waals surface area contributed by atoms with E-state index in [2.05, 4.69) is 0 Å². The fourth-order valence-electron chi connectivity index (χ4n) is 3.64. The molecule has 0 spiro atoms. The molecule has 1 aliphatic heterocycles. The van der Waals surface area contributed by atoms with Crippen molar-refractivity contribution in [2.75, 3.05) is 11.6 Å². The van der Waals surface area contributed by atoms with Gasteiger partial charge in [-0.3, -0.25) is 0 Å². The Bertz CT molecular complexity index is 956. The van der Waals surface area contributed by atoms with Gasteiger partial charge in [0.15, 0.2) is 6.04 Å². The highest BCUT2D eigenvalue weighted by molar-refractivity contribution is 6.11. The summed E-state index contributed by atoms with van der Waals surface area (Å²) < 4.78 is 5.46. The molecule has 3 aromatic rings. The van der Waals surface area contributed by atoms with Gasteiger partial charge in [-0.25, -0.2) is 9.80 Å². The summed E-state index contributed by atoms with van der Waals surface area (Å²) in [5.74, 6) is -0.488. The van der Waals surface area contributed by atoms with E-state index in [1.54, 1.807) is 5.01 Å². The number of rotatable bonds is 5. The Hall–Kier alpha value is -3.40. The number of esters is 1. The lowest BCUT2D eigenvalue weighted by Gasteiger charge is -2.26. The van der Waals surface area contributed by atoms with Gasteiger partial charge in [-0.1, -0.05) is 78.9 Å². The highest BCUT2D eigenvalue weighted by Crippen LogP contribution is 2.37. The van der Waals surface area contributed by atoms with Crippen molar-refractivity contribution in [1.29, 1.82) is 0 Å². The number of carbonyl (C=O) groups excluding carboxylic acids is 1. The molecule has 0 radical (unpaired) electrons. The molecule has 140 valence electrons. The molecule has 1 heterocycles. The van der Waals surface area contributed by atoms with Crippen LogP contribution in [-0.4, -0.2) is 24.3 Å². The first-order valence-electron chi connectivity index (χ1n) is 9.49. The first kappa shape index (κ1) is 18.0. The van der Waals surface area contributed by atoms with Crippen LogP contribution in [0.3, 0.4) is 0 Å². The number of ether oxygens (including phenoxy) is 1. The second-order valence-corrected chi connectivity index (χ2v) is 6.62. The van der Waals surface area contributed by atoms with Crippen LogP contribution >= 0.6 is 0 Å². The fraction of sp³-hybridized carbons (Fsp3) is 0.167. The van der Waals surface area contributed by atoms with Gasteiger partial charge >= 0.3 is 5.97 Å². The van der Waals surface area contributed by atoms with Crippen LogP contribution in [0.2, 0.25) is 0 Å². The zero-order valence-corrected chi connectivity index (χ0v) is 15.7. The summed E-state index contributed by atoms with van der Waals surface area (Å²) in [6.45, 7) is 2.16. The monoisotopic (exact) mass is 370 g/mol. The summed E-state index contributed by atoms with van der Waals surface area (Å²) in [6.07, 6.45) is 0. The van der Waals surface area contributed by atoms with Crippen LogP contribution in [0.15, 0.2) is 96.1 Å². The second kappa shape index (κ2) is 8.09. The number of nitrogens with zero attached hydrogens (tertiary/aromatic N) is 2. The smallest absolute Gasteiger partial charge is 0.332 e. The Morgan fingerprint density at radius 3 is 2.07 bits per heavy atom. The van der Waals surface area contributed by atoms with Crippen LogP contribution < -0.4 is 5.01 Å². The average molecular weight is 370 g/mol. The SMILES string of the molecule is CCOC(=O)[C@@H]1[C@@H](c2ccccc2)C(c2ccccc2)=NN1c1ccccc1. The highest BCUT2D eigenvalue weighted by Gasteiger charge is 2.45. The minimum Gasteiger partial charge on any atom is -0.464 e. The average Bonchev–Trinajstić information content (AvgIpc) is 3.17. The molecule has 0 unspecified atom stereocenters. The molecule has 0 fully saturated rings. The molecule has 0 aliphatic carbocycles. The molecule has 0 saturated heterocycles. The molecule has 4 rings (SSSR count). The van der Waals surface area contributed by atoms with E-state index in [4.69, 9.17) is 9.84 Å². The number of anilines is 1. The van der Waals surface area contributed by atoms with Crippen LogP contribution in [0.25, 0.3) is 0 Å². The van der Waals surface area contributed by atoms with E-state index < -0.39 is 6.04 Å². The van der Waals surface area contributed by atoms with Gasteiger partial charge in [-0.15, -0.1) is 0 Å². The number of hydrogen-bond acceptors (Lipinski definition) is 4. The number of hydrogen-bond donors (Lipinski definition) is 0. The van der Waals surface area contributed by atoms with Gasteiger partial charge in [0, 0.05) is 0 Å². The summed E-state index contributed by atoms with van der Waals surface area (Å²) in [5, 5.41) is 6.72. The molecule has 0 amide bonds. The van der Waals surface area contributed by atoms with Gasteiger partial charge in [0.05, 0.1) is 23.9 Å². The lowest BCUT2D eigenvalue weighted by molar-refractivity contribution is -0.144. The minimum absolute atomic E-state index is 0.220. The Balaban J connectivity index is 1.87. The maximum absolute atomic E-state index is 13.1. The Labute approximate surface area is 165 Å². The quantitative estimate of drug-likeness (QED) is 0.615. The number of benzene rings is 3. The van der Waals surface area contributed by atoms with Crippen molar-refractivity contribution in [2.24, 2.45) is 5.10 Å². The van der Waals surface area contributed by atoms with E-state index >= 15 is 0 Å². The largest absolute Gasteiger partial charge is 0.464 e. The van der Waals surface area contributed by atoms with Crippen molar-refractivity contribution < 1.29 is 9.53 Å². The third-order valence-electron chi connectivity index (χ3n) is 4.87. The maximum Gasteiger partial charge on any atom is 0.332 e. The fourth-order valence-corrected chi connectivity index (χ4v) is 3.64. The first-order chi connectivity index (χ1) is 13.8. The summed E-state index contributed by atoms with van der Waals surface area (Å²) in [6, 6.07) is 29.3. The maximum atomic E-state index is 13.1. The lowest BCUT2D eigenvalue weighted by atomic mass is 9.85. The molecule has 3 aromatic carbocycles. The molecule has 28 heavy (non-hydrogen) atoms. The van der Waals surface area contributed by atoms with Crippen LogP contribution in [0, 0.1) is 0 Å². The Kier molecular flexibility index (Phi) is 5.20. The predicted octanol–water partition coefficient (Wildman–Crippen LogP) is 4.63. The highest BCUT2D eigenvalue weighted by atomic mass is 16.5. The van der Waals surface area contributed by atoms with Crippen molar-refractivity contribution in [3.8, 4) is 0 Å². The van der Waals surface area contributed by atoms with Crippen LogP contribution in [0.5, 0.6) is 0 Å². The Morgan fingerprint density at radius 2 is 1.46 bits per heavy atom. The van der Waals surface area contributed by atoms with E-state index in [1.807, 2.05) is 97.9 Å². The molecule has 0 N–H and O–H groups in total. The van der Waals surface area contributed by atoms with Gasteiger partial charge in [0.1, 0.15) is 0 Å². The van der Waals surface area contributed by atoms with Gasteiger partial charge in [0.2, 0.25) is 0 Å². The first-order valence-corrected chi connectivity index (χ1v) is 9.49. The van der Waals surface area contributed by atoms with E-state index in [-0.39, 0.29) is 11.9 Å². The molecular formula is C24H22N2O2. The zero-order chi connectivity index (χ0) is 19.3. The van der Waals surface area contributed by atoms with E-state index in [0.29, 0.717) is 6.61 Å².